The Hall–Kier alpha value is -4.96. The van der Waals surface area contributed by atoms with Gasteiger partial charge in [0.05, 0.1) is 15.9 Å². The lowest BCUT2D eigenvalue weighted by atomic mass is 9.98. The van der Waals surface area contributed by atoms with Gasteiger partial charge in [-0.1, -0.05) is 80.4 Å². The molecule has 0 saturated carbocycles. The van der Waals surface area contributed by atoms with Gasteiger partial charge in [0.1, 0.15) is 5.82 Å². The van der Waals surface area contributed by atoms with E-state index in [2.05, 4.69) is 45.0 Å². The molecule has 0 radical (unpaired) electrons. The molecule has 1 heterocycles. The van der Waals surface area contributed by atoms with Crippen LogP contribution in [-0.2, 0) is 27.8 Å². The van der Waals surface area contributed by atoms with Crippen LogP contribution in [0, 0.1) is 0 Å². The smallest absolute Gasteiger partial charge is 0.265 e. The van der Waals surface area contributed by atoms with Crippen LogP contribution in [0.1, 0.15) is 67.2 Å². The van der Waals surface area contributed by atoms with E-state index in [-0.39, 0.29) is 16.4 Å². The fraction of sp³-hybridized carbons (Fsp3) is 0.289. The highest BCUT2D eigenvalue weighted by Gasteiger charge is 2.21. The summed E-state index contributed by atoms with van der Waals surface area (Å²) < 4.78 is 30.2. The second-order valence-electron chi connectivity index (χ2n) is 11.8. The largest absolute Gasteiger partial charge is 0.385 e. The lowest BCUT2D eigenvalue weighted by molar-refractivity contribution is -0.120. The van der Waals surface area contributed by atoms with Crippen molar-refractivity contribution in [1.82, 2.24) is 19.6 Å². The zero-order chi connectivity index (χ0) is 33.9. The number of sulfonamides is 1. The molecule has 0 spiro atoms. The van der Waals surface area contributed by atoms with E-state index in [0.717, 1.165) is 78.7 Å². The van der Waals surface area contributed by atoms with Crippen molar-refractivity contribution in [2.24, 2.45) is 0 Å². The number of amides is 2. The third-order valence-corrected chi connectivity index (χ3v) is 9.67. The topological polar surface area (TPSA) is 122 Å². The molecule has 4 aromatic carbocycles. The van der Waals surface area contributed by atoms with Gasteiger partial charge in [-0.3, -0.25) is 9.59 Å². The fourth-order valence-electron chi connectivity index (χ4n) is 5.67. The molecule has 0 atom stereocenters. The van der Waals surface area contributed by atoms with Gasteiger partial charge in [-0.2, -0.15) is 0 Å². The first-order valence-electron chi connectivity index (χ1n) is 16.5. The predicted octanol–water partition coefficient (Wildman–Crippen LogP) is 6.93. The molecule has 5 rings (SSSR count). The number of unbranched alkanes of at least 4 members (excludes halogenated alkanes) is 3. The average Bonchev–Trinajstić information content (AvgIpc) is 3.45. The number of fused-ring (bicyclic) bond motifs is 1. The third-order valence-electron chi connectivity index (χ3n) is 8.33. The van der Waals surface area contributed by atoms with Crippen molar-refractivity contribution in [3.05, 3.63) is 114 Å². The molecule has 0 fully saturated rings. The third kappa shape index (κ3) is 8.68. The number of benzene rings is 4. The van der Waals surface area contributed by atoms with Gasteiger partial charge in [0, 0.05) is 44.2 Å². The van der Waals surface area contributed by atoms with Crippen LogP contribution >= 0.6 is 0 Å². The Labute approximate surface area is 282 Å². The van der Waals surface area contributed by atoms with Crippen LogP contribution in [0.25, 0.3) is 22.2 Å². The van der Waals surface area contributed by atoms with E-state index in [9.17, 15) is 18.0 Å². The maximum atomic E-state index is 13.2. The van der Waals surface area contributed by atoms with Crippen molar-refractivity contribution < 1.29 is 18.0 Å². The van der Waals surface area contributed by atoms with Crippen LogP contribution in [0.3, 0.4) is 0 Å². The number of aromatic nitrogens is 2. The average molecular weight is 666 g/mol. The fourth-order valence-corrected chi connectivity index (χ4v) is 6.66. The first-order chi connectivity index (χ1) is 23.3. The minimum Gasteiger partial charge on any atom is -0.385 e. The molecule has 0 unspecified atom stereocenters. The van der Waals surface area contributed by atoms with Crippen LogP contribution < -0.4 is 15.4 Å². The van der Waals surface area contributed by atoms with Crippen LogP contribution in [0.15, 0.2) is 102 Å². The monoisotopic (exact) mass is 665 g/mol. The summed E-state index contributed by atoms with van der Waals surface area (Å²) in [6, 6.07) is 29.2. The Kier molecular flexibility index (Phi) is 11.6. The van der Waals surface area contributed by atoms with Crippen LogP contribution in [0.4, 0.5) is 5.69 Å². The maximum Gasteiger partial charge on any atom is 0.265 e. The standard InChI is InChI=1S/C38H43N5O4S/c1-3-4-17-36-41-34-24-23-30(40-25-12-6-9-18-37(44)39-2)26-35(34)43(36)27-28-19-21-29(22-20-28)32-15-10-11-16-33(32)38(45)42-48(46,47)31-13-7-5-8-14-31/h5,7-8,10-11,13-16,19-24,26,40H,3-4,6,9,12,17-18,25,27H2,1-2H3,(H,39,44)(H,42,45). The highest BCUT2D eigenvalue weighted by Crippen LogP contribution is 2.27. The first kappa shape index (κ1) is 34.4. The molecular formula is C38H43N5O4S. The molecular weight excluding hydrogens is 623 g/mol. The molecule has 1 aromatic heterocycles. The number of carbonyl (C=O) groups excluding carboxylic acids is 2. The molecule has 3 N–H and O–H groups in total. The molecule has 2 amide bonds. The summed E-state index contributed by atoms with van der Waals surface area (Å²) in [6.07, 6.45) is 6.40. The summed E-state index contributed by atoms with van der Waals surface area (Å²) in [6.45, 7) is 3.64. The van der Waals surface area contributed by atoms with Gasteiger partial charge in [-0.15, -0.1) is 0 Å². The van der Waals surface area contributed by atoms with E-state index in [0.29, 0.717) is 18.5 Å². The molecule has 0 aliphatic heterocycles. The molecule has 9 nitrogen and oxygen atoms in total. The molecule has 0 saturated heterocycles. The second kappa shape index (κ2) is 16.2. The van der Waals surface area contributed by atoms with E-state index in [1.165, 1.54) is 12.1 Å². The molecule has 48 heavy (non-hydrogen) atoms. The number of nitrogens with one attached hydrogen (secondary N) is 3. The lowest BCUT2D eigenvalue weighted by Gasteiger charge is -2.13. The number of rotatable bonds is 16. The SMILES string of the molecule is CCCCc1nc2ccc(NCCCCCC(=O)NC)cc2n1Cc1ccc(-c2ccccc2C(=O)NS(=O)(=O)c2ccccc2)cc1. The Morgan fingerprint density at radius 1 is 0.833 bits per heavy atom. The van der Waals surface area contributed by atoms with Crippen molar-refractivity contribution in [2.45, 2.75) is 63.3 Å². The molecule has 250 valence electrons. The summed E-state index contributed by atoms with van der Waals surface area (Å²) in [5.41, 5.74) is 5.88. The van der Waals surface area contributed by atoms with Crippen LogP contribution in [0.5, 0.6) is 0 Å². The Balaban J connectivity index is 1.32. The van der Waals surface area contributed by atoms with E-state index < -0.39 is 15.9 Å². The van der Waals surface area contributed by atoms with E-state index in [1.54, 1.807) is 37.4 Å². The second-order valence-corrected chi connectivity index (χ2v) is 13.5. The molecule has 0 aliphatic carbocycles. The van der Waals surface area contributed by atoms with Gasteiger partial charge in [-0.05, 0) is 72.4 Å². The highest BCUT2D eigenvalue weighted by molar-refractivity contribution is 7.90. The van der Waals surface area contributed by atoms with E-state index in [1.807, 2.05) is 36.4 Å². The zero-order valence-electron chi connectivity index (χ0n) is 27.5. The highest BCUT2D eigenvalue weighted by atomic mass is 32.2. The summed E-state index contributed by atoms with van der Waals surface area (Å²) in [7, 11) is -2.35. The van der Waals surface area contributed by atoms with Gasteiger partial charge in [0.25, 0.3) is 15.9 Å². The predicted molar refractivity (Wildman–Crippen MR) is 191 cm³/mol. The molecule has 0 aliphatic rings. The molecule has 10 heteroatoms. The maximum absolute atomic E-state index is 13.2. The summed E-state index contributed by atoms with van der Waals surface area (Å²) in [5.74, 6) is 0.445. The van der Waals surface area contributed by atoms with Gasteiger partial charge < -0.3 is 15.2 Å². The number of anilines is 1. The molecule has 5 aromatic rings. The van der Waals surface area contributed by atoms with Crippen molar-refractivity contribution in [2.75, 3.05) is 18.9 Å². The van der Waals surface area contributed by atoms with Gasteiger partial charge in [0.2, 0.25) is 5.91 Å². The number of aryl methyl sites for hydroxylation is 1. The van der Waals surface area contributed by atoms with Crippen molar-refractivity contribution in [1.29, 1.82) is 0 Å². The van der Waals surface area contributed by atoms with E-state index >= 15 is 0 Å². The summed E-state index contributed by atoms with van der Waals surface area (Å²) in [4.78, 5) is 29.7. The number of nitrogens with zero attached hydrogens (tertiary/aromatic N) is 2. The summed E-state index contributed by atoms with van der Waals surface area (Å²) in [5, 5.41) is 6.20. The minimum atomic E-state index is -4.01. The van der Waals surface area contributed by atoms with Crippen LogP contribution in [-0.4, -0.2) is 43.4 Å². The Morgan fingerprint density at radius 3 is 2.33 bits per heavy atom. The van der Waals surface area contributed by atoms with Crippen molar-refractivity contribution in [3.8, 4) is 11.1 Å². The first-order valence-corrected chi connectivity index (χ1v) is 18.0. The number of hydrogen-bond acceptors (Lipinski definition) is 6. The Bertz CT molecular complexity index is 1950. The quantitative estimate of drug-likeness (QED) is 0.0983. The van der Waals surface area contributed by atoms with Crippen molar-refractivity contribution >= 4 is 38.6 Å². The summed E-state index contributed by atoms with van der Waals surface area (Å²) >= 11 is 0. The van der Waals surface area contributed by atoms with Gasteiger partial charge in [0.15, 0.2) is 0 Å². The Morgan fingerprint density at radius 2 is 1.58 bits per heavy atom. The zero-order valence-corrected chi connectivity index (χ0v) is 28.4. The number of carbonyl (C=O) groups is 2. The van der Waals surface area contributed by atoms with Crippen molar-refractivity contribution in [3.63, 3.8) is 0 Å². The van der Waals surface area contributed by atoms with Gasteiger partial charge >= 0.3 is 0 Å². The lowest BCUT2D eigenvalue weighted by Crippen LogP contribution is -2.30. The number of imidazole rings is 1. The van der Waals surface area contributed by atoms with E-state index in [4.69, 9.17) is 4.98 Å². The van der Waals surface area contributed by atoms with Gasteiger partial charge in [-0.25, -0.2) is 18.1 Å². The minimum absolute atomic E-state index is 0.0305. The normalized spacial score (nSPS) is 11.4. The van der Waals surface area contributed by atoms with Crippen LogP contribution in [0.2, 0.25) is 0 Å². The number of hydrogen-bond donors (Lipinski definition) is 3. The molecule has 0 bridgehead atoms.